The molecule has 1 aromatic carbocycles. The topological polar surface area (TPSA) is 24.5 Å². The van der Waals surface area contributed by atoms with E-state index < -0.39 is 0 Å². The molecule has 1 aromatic rings. The summed E-state index contributed by atoms with van der Waals surface area (Å²) >= 11 is 0. The normalized spacial score (nSPS) is 20.7. The smallest absolute Gasteiger partial charge is 0.122 e. The molecule has 0 bridgehead atoms. The molecule has 0 radical (unpaired) electrons. The van der Waals surface area contributed by atoms with E-state index in [1.54, 1.807) is 7.11 Å². The molecule has 1 saturated heterocycles. The van der Waals surface area contributed by atoms with Gasteiger partial charge in [-0.25, -0.2) is 0 Å². The van der Waals surface area contributed by atoms with Crippen molar-refractivity contribution in [2.24, 2.45) is 0 Å². The second-order valence-electron chi connectivity index (χ2n) is 5.34. The summed E-state index contributed by atoms with van der Waals surface area (Å²) in [6.07, 6.45) is 2.32. The van der Waals surface area contributed by atoms with Gasteiger partial charge in [0, 0.05) is 18.6 Å². The third kappa shape index (κ3) is 3.48. The second kappa shape index (κ2) is 6.92. The Morgan fingerprint density at radius 3 is 2.84 bits per heavy atom. The van der Waals surface area contributed by atoms with Crippen molar-refractivity contribution in [2.75, 3.05) is 26.7 Å². The first-order valence-electron chi connectivity index (χ1n) is 7.34. The molecular formula is C16H26N2O. The Morgan fingerprint density at radius 2 is 2.21 bits per heavy atom. The Kier molecular flexibility index (Phi) is 5.23. The molecule has 1 fully saturated rings. The highest BCUT2D eigenvalue weighted by Gasteiger charge is 2.25. The lowest BCUT2D eigenvalue weighted by Crippen LogP contribution is -2.43. The fourth-order valence-electron chi connectivity index (χ4n) is 3.16. The number of rotatable bonds is 6. The Balaban J connectivity index is 2.03. The fraction of sp³-hybridized carbons (Fsp3) is 0.625. The molecule has 106 valence electrons. The number of likely N-dealkylation sites (N-methyl/N-ethyl adjacent to an activating group) is 1. The highest BCUT2D eigenvalue weighted by molar-refractivity contribution is 5.33. The van der Waals surface area contributed by atoms with E-state index in [2.05, 4.69) is 42.3 Å². The summed E-state index contributed by atoms with van der Waals surface area (Å²) in [4.78, 5) is 2.62. The summed E-state index contributed by atoms with van der Waals surface area (Å²) in [5.41, 5.74) is 1.31. The van der Waals surface area contributed by atoms with Crippen molar-refractivity contribution in [1.29, 1.82) is 0 Å². The Bertz CT molecular complexity index is 388. The standard InChI is InChI=1S/C16H26N2O/c1-4-18(15-9-10-17-12-15)13(2)11-14-7-5-6-8-16(14)19-3/h5-8,13,15,17H,4,9-12H2,1-3H3. The first-order valence-corrected chi connectivity index (χ1v) is 7.34. The highest BCUT2D eigenvalue weighted by Crippen LogP contribution is 2.22. The Hall–Kier alpha value is -1.06. The lowest BCUT2D eigenvalue weighted by Gasteiger charge is -2.33. The molecule has 1 heterocycles. The third-order valence-electron chi connectivity index (χ3n) is 4.14. The average molecular weight is 262 g/mol. The van der Waals surface area contributed by atoms with Gasteiger partial charge in [-0.1, -0.05) is 25.1 Å². The maximum Gasteiger partial charge on any atom is 0.122 e. The van der Waals surface area contributed by atoms with Crippen molar-refractivity contribution in [3.63, 3.8) is 0 Å². The molecule has 3 nitrogen and oxygen atoms in total. The van der Waals surface area contributed by atoms with Crippen molar-refractivity contribution in [3.8, 4) is 5.75 Å². The fourth-order valence-corrected chi connectivity index (χ4v) is 3.16. The molecule has 0 saturated carbocycles. The monoisotopic (exact) mass is 262 g/mol. The van der Waals surface area contributed by atoms with E-state index in [9.17, 15) is 0 Å². The lowest BCUT2D eigenvalue weighted by atomic mass is 10.0. The number of ether oxygens (including phenoxy) is 1. The molecule has 3 heteroatoms. The summed E-state index contributed by atoms with van der Waals surface area (Å²) in [6.45, 7) is 7.99. The van der Waals surface area contributed by atoms with Gasteiger partial charge in [-0.15, -0.1) is 0 Å². The molecule has 0 amide bonds. The summed E-state index contributed by atoms with van der Waals surface area (Å²) < 4.78 is 5.45. The lowest BCUT2D eigenvalue weighted by molar-refractivity contribution is 0.160. The minimum absolute atomic E-state index is 0.547. The maximum atomic E-state index is 5.45. The molecule has 1 N–H and O–H groups in total. The molecule has 2 rings (SSSR count). The van der Waals surface area contributed by atoms with Crippen LogP contribution in [0.15, 0.2) is 24.3 Å². The molecular weight excluding hydrogens is 236 g/mol. The van der Waals surface area contributed by atoms with Gasteiger partial charge in [-0.05, 0) is 44.5 Å². The van der Waals surface area contributed by atoms with Crippen LogP contribution in [0.4, 0.5) is 0 Å². The average Bonchev–Trinajstić information content (AvgIpc) is 2.94. The van der Waals surface area contributed by atoms with Gasteiger partial charge < -0.3 is 10.1 Å². The molecule has 0 aliphatic carbocycles. The number of nitrogens with zero attached hydrogens (tertiary/aromatic N) is 1. The summed E-state index contributed by atoms with van der Waals surface area (Å²) in [6, 6.07) is 9.59. The van der Waals surface area contributed by atoms with Crippen LogP contribution in [0.2, 0.25) is 0 Å². The van der Waals surface area contributed by atoms with Gasteiger partial charge in [0.1, 0.15) is 5.75 Å². The summed E-state index contributed by atoms with van der Waals surface area (Å²) in [5, 5.41) is 3.46. The predicted molar refractivity (Wildman–Crippen MR) is 79.8 cm³/mol. The van der Waals surface area contributed by atoms with E-state index in [4.69, 9.17) is 4.74 Å². The van der Waals surface area contributed by atoms with Gasteiger partial charge in [-0.2, -0.15) is 0 Å². The van der Waals surface area contributed by atoms with Crippen LogP contribution in [0.3, 0.4) is 0 Å². The molecule has 0 spiro atoms. The van der Waals surface area contributed by atoms with Gasteiger partial charge >= 0.3 is 0 Å². The minimum atomic E-state index is 0.547. The molecule has 0 aromatic heterocycles. The van der Waals surface area contributed by atoms with E-state index >= 15 is 0 Å². The van der Waals surface area contributed by atoms with Crippen molar-refractivity contribution < 1.29 is 4.74 Å². The van der Waals surface area contributed by atoms with E-state index in [1.165, 1.54) is 12.0 Å². The van der Waals surface area contributed by atoms with Crippen LogP contribution in [0.1, 0.15) is 25.8 Å². The summed E-state index contributed by atoms with van der Waals surface area (Å²) in [5.74, 6) is 1.01. The number of methoxy groups -OCH3 is 1. The van der Waals surface area contributed by atoms with Gasteiger partial charge in [0.05, 0.1) is 7.11 Å². The van der Waals surface area contributed by atoms with E-state index in [1.807, 2.05) is 6.07 Å². The number of benzene rings is 1. The zero-order chi connectivity index (χ0) is 13.7. The van der Waals surface area contributed by atoms with Crippen LogP contribution < -0.4 is 10.1 Å². The number of nitrogens with one attached hydrogen (secondary N) is 1. The van der Waals surface area contributed by atoms with Crippen LogP contribution in [-0.2, 0) is 6.42 Å². The Labute approximate surface area is 116 Å². The zero-order valence-electron chi connectivity index (χ0n) is 12.4. The van der Waals surface area contributed by atoms with Crippen LogP contribution in [0.5, 0.6) is 5.75 Å². The Morgan fingerprint density at radius 1 is 1.42 bits per heavy atom. The van der Waals surface area contributed by atoms with Crippen LogP contribution in [0.25, 0.3) is 0 Å². The molecule has 1 aliphatic rings. The van der Waals surface area contributed by atoms with Crippen molar-refractivity contribution in [2.45, 2.75) is 38.8 Å². The molecule has 1 aliphatic heterocycles. The van der Waals surface area contributed by atoms with E-state index in [0.29, 0.717) is 12.1 Å². The van der Waals surface area contributed by atoms with Crippen LogP contribution in [-0.4, -0.2) is 43.7 Å². The maximum absolute atomic E-state index is 5.45. The van der Waals surface area contributed by atoms with Crippen LogP contribution >= 0.6 is 0 Å². The van der Waals surface area contributed by atoms with Gasteiger partial charge in [0.2, 0.25) is 0 Å². The number of para-hydroxylation sites is 1. The van der Waals surface area contributed by atoms with Gasteiger partial charge in [0.15, 0.2) is 0 Å². The van der Waals surface area contributed by atoms with Crippen molar-refractivity contribution in [1.82, 2.24) is 10.2 Å². The van der Waals surface area contributed by atoms with Gasteiger partial charge in [0.25, 0.3) is 0 Å². The SMILES string of the molecule is CCN(C(C)Cc1ccccc1OC)C1CCNC1. The van der Waals surface area contributed by atoms with Crippen molar-refractivity contribution >= 4 is 0 Å². The zero-order valence-corrected chi connectivity index (χ0v) is 12.4. The first-order chi connectivity index (χ1) is 9.26. The largest absolute Gasteiger partial charge is 0.496 e. The van der Waals surface area contributed by atoms with E-state index in [-0.39, 0.29) is 0 Å². The van der Waals surface area contributed by atoms with Crippen LogP contribution in [0, 0.1) is 0 Å². The molecule has 2 unspecified atom stereocenters. The predicted octanol–water partition coefficient (Wildman–Crippen LogP) is 2.31. The van der Waals surface area contributed by atoms with E-state index in [0.717, 1.165) is 31.8 Å². The summed E-state index contributed by atoms with van der Waals surface area (Å²) in [7, 11) is 1.75. The highest BCUT2D eigenvalue weighted by atomic mass is 16.5. The molecule has 2 atom stereocenters. The molecule has 19 heavy (non-hydrogen) atoms. The second-order valence-corrected chi connectivity index (χ2v) is 5.34. The van der Waals surface area contributed by atoms with Gasteiger partial charge in [-0.3, -0.25) is 4.90 Å². The number of hydrogen-bond donors (Lipinski definition) is 1. The minimum Gasteiger partial charge on any atom is -0.496 e. The quantitative estimate of drug-likeness (QED) is 0.851. The first kappa shape index (κ1) is 14.4. The van der Waals surface area contributed by atoms with Crippen molar-refractivity contribution in [3.05, 3.63) is 29.8 Å². The third-order valence-corrected chi connectivity index (χ3v) is 4.14. The number of hydrogen-bond acceptors (Lipinski definition) is 3.